The fourth-order valence-electron chi connectivity index (χ4n) is 1.42. The molecule has 15 heavy (non-hydrogen) atoms. The van der Waals surface area contributed by atoms with E-state index in [1.807, 2.05) is 11.8 Å². The molecule has 0 bridgehead atoms. The molecule has 2 nitrogen and oxygen atoms in total. The van der Waals surface area contributed by atoms with Crippen LogP contribution in [0.1, 0.15) is 5.56 Å². The van der Waals surface area contributed by atoms with Gasteiger partial charge in [-0.2, -0.15) is 11.8 Å². The number of hydrogen-bond donors (Lipinski definition) is 1. The van der Waals surface area contributed by atoms with Crippen LogP contribution in [0.5, 0.6) is 0 Å². The van der Waals surface area contributed by atoms with Crippen molar-refractivity contribution in [3.63, 3.8) is 0 Å². The van der Waals surface area contributed by atoms with Gasteiger partial charge in [-0.25, -0.2) is 4.98 Å². The number of thiazole rings is 1. The van der Waals surface area contributed by atoms with E-state index < -0.39 is 0 Å². The lowest BCUT2D eigenvalue weighted by molar-refractivity contribution is 1.21. The van der Waals surface area contributed by atoms with E-state index in [-0.39, 0.29) is 0 Å². The molecule has 0 aliphatic heterocycles. The van der Waals surface area contributed by atoms with Crippen molar-refractivity contribution in [2.24, 2.45) is 0 Å². The number of aromatic nitrogens is 1. The number of anilines is 1. The molecule has 0 saturated heterocycles. The van der Waals surface area contributed by atoms with Gasteiger partial charge in [0.25, 0.3) is 0 Å². The van der Waals surface area contributed by atoms with E-state index in [1.54, 1.807) is 11.3 Å². The fraction of sp³-hybridized carbons (Fsp3) is 0.364. The first-order valence-corrected chi connectivity index (χ1v) is 7.11. The molecule has 0 unspecified atom stereocenters. The van der Waals surface area contributed by atoms with Crippen molar-refractivity contribution in [3.05, 3.63) is 23.8 Å². The average Bonchev–Trinajstić information content (AvgIpc) is 2.63. The molecule has 1 N–H and O–H groups in total. The highest BCUT2D eigenvalue weighted by Crippen LogP contribution is 2.27. The van der Waals surface area contributed by atoms with Crippen molar-refractivity contribution in [3.8, 4) is 0 Å². The molecule has 1 heterocycles. The van der Waals surface area contributed by atoms with E-state index in [9.17, 15) is 0 Å². The molecule has 0 amide bonds. The maximum Gasteiger partial charge on any atom is 0.183 e. The topological polar surface area (TPSA) is 24.9 Å². The number of para-hydroxylation sites is 1. The summed E-state index contributed by atoms with van der Waals surface area (Å²) in [5.74, 6) is 1.12. The summed E-state index contributed by atoms with van der Waals surface area (Å²) < 4.78 is 1.27. The minimum atomic E-state index is 0.986. The van der Waals surface area contributed by atoms with E-state index in [2.05, 4.69) is 41.7 Å². The molecular weight excluding hydrogens is 224 g/mol. The van der Waals surface area contributed by atoms with Gasteiger partial charge in [-0.15, -0.1) is 0 Å². The van der Waals surface area contributed by atoms with Gasteiger partial charge in [0, 0.05) is 12.3 Å². The summed E-state index contributed by atoms with van der Waals surface area (Å²) in [6.07, 6.45) is 2.12. The van der Waals surface area contributed by atoms with E-state index >= 15 is 0 Å². The van der Waals surface area contributed by atoms with Gasteiger partial charge in [-0.3, -0.25) is 0 Å². The fourth-order valence-corrected chi connectivity index (χ4v) is 2.70. The standard InChI is InChI=1S/C11H14N2S2/c1-8-4-3-5-9-10(8)13-11(15-9)12-6-7-14-2/h3-5H,6-7H2,1-2H3,(H,12,13). The lowest BCUT2D eigenvalue weighted by atomic mass is 10.2. The minimum Gasteiger partial charge on any atom is -0.361 e. The van der Waals surface area contributed by atoms with Crippen LogP contribution in [0.2, 0.25) is 0 Å². The van der Waals surface area contributed by atoms with E-state index in [0.717, 1.165) is 22.9 Å². The molecule has 2 aromatic rings. The van der Waals surface area contributed by atoms with E-state index in [4.69, 9.17) is 0 Å². The molecule has 0 saturated carbocycles. The van der Waals surface area contributed by atoms with Gasteiger partial charge in [0.15, 0.2) is 5.13 Å². The zero-order valence-corrected chi connectivity index (χ0v) is 10.5. The number of rotatable bonds is 4. The number of fused-ring (bicyclic) bond motifs is 1. The molecular formula is C11H14N2S2. The largest absolute Gasteiger partial charge is 0.361 e. The van der Waals surface area contributed by atoms with Crippen molar-refractivity contribution >= 4 is 38.4 Å². The SMILES string of the molecule is CSCCNc1nc2c(C)cccc2s1. The van der Waals surface area contributed by atoms with Gasteiger partial charge in [0.1, 0.15) is 0 Å². The maximum atomic E-state index is 4.58. The Morgan fingerprint density at radius 2 is 2.33 bits per heavy atom. The van der Waals surface area contributed by atoms with Crippen LogP contribution in [0, 0.1) is 6.92 Å². The van der Waals surface area contributed by atoms with Gasteiger partial charge in [0.2, 0.25) is 0 Å². The number of thioether (sulfide) groups is 1. The minimum absolute atomic E-state index is 0.986. The summed E-state index contributed by atoms with van der Waals surface area (Å²) in [6.45, 7) is 3.09. The molecule has 80 valence electrons. The monoisotopic (exact) mass is 238 g/mol. The molecule has 1 aromatic heterocycles. The molecule has 0 aliphatic carbocycles. The molecule has 0 fully saturated rings. The third-order valence-corrected chi connectivity index (χ3v) is 3.79. The number of nitrogens with one attached hydrogen (secondary N) is 1. The molecule has 1 aromatic carbocycles. The Kier molecular flexibility index (Phi) is 3.49. The van der Waals surface area contributed by atoms with Crippen LogP contribution < -0.4 is 5.32 Å². The lowest BCUT2D eigenvalue weighted by Gasteiger charge is -1.98. The molecule has 0 radical (unpaired) electrons. The number of aryl methyl sites for hydroxylation is 1. The van der Waals surface area contributed by atoms with Crippen LogP contribution >= 0.6 is 23.1 Å². The number of hydrogen-bond acceptors (Lipinski definition) is 4. The zero-order chi connectivity index (χ0) is 10.7. The second-order valence-corrected chi connectivity index (χ2v) is 5.38. The molecule has 2 rings (SSSR count). The summed E-state index contributed by atoms with van der Waals surface area (Å²) in [5, 5.41) is 4.38. The second kappa shape index (κ2) is 4.86. The second-order valence-electron chi connectivity index (χ2n) is 3.36. The first kappa shape index (κ1) is 10.8. The first-order valence-electron chi connectivity index (χ1n) is 4.90. The Morgan fingerprint density at radius 3 is 3.07 bits per heavy atom. The van der Waals surface area contributed by atoms with Gasteiger partial charge in [0.05, 0.1) is 10.2 Å². The van der Waals surface area contributed by atoms with E-state index in [0.29, 0.717) is 0 Å². The third kappa shape index (κ3) is 2.44. The van der Waals surface area contributed by atoms with Crippen molar-refractivity contribution < 1.29 is 0 Å². The van der Waals surface area contributed by atoms with Gasteiger partial charge in [-0.1, -0.05) is 23.5 Å². The molecule has 0 spiro atoms. The Labute approximate surface area is 98.1 Å². The van der Waals surface area contributed by atoms with Crippen molar-refractivity contribution in [1.82, 2.24) is 4.98 Å². The molecule has 4 heteroatoms. The highest BCUT2D eigenvalue weighted by atomic mass is 32.2. The predicted molar refractivity (Wildman–Crippen MR) is 71.2 cm³/mol. The highest BCUT2D eigenvalue weighted by molar-refractivity contribution is 7.98. The summed E-state index contributed by atoms with van der Waals surface area (Å²) in [6, 6.07) is 6.31. The van der Waals surface area contributed by atoms with Gasteiger partial charge < -0.3 is 5.32 Å². The Balaban J connectivity index is 2.20. The Hall–Kier alpha value is -0.740. The quantitative estimate of drug-likeness (QED) is 0.827. The Bertz CT molecular complexity index is 451. The maximum absolute atomic E-state index is 4.58. The molecule has 0 atom stereocenters. The smallest absolute Gasteiger partial charge is 0.183 e. The number of benzene rings is 1. The van der Waals surface area contributed by atoms with Gasteiger partial charge >= 0.3 is 0 Å². The lowest BCUT2D eigenvalue weighted by Crippen LogP contribution is -2.02. The molecule has 0 aliphatic rings. The highest BCUT2D eigenvalue weighted by Gasteiger charge is 2.04. The summed E-state index contributed by atoms with van der Waals surface area (Å²) >= 11 is 3.58. The van der Waals surface area contributed by atoms with Crippen LogP contribution in [0.3, 0.4) is 0 Å². The van der Waals surface area contributed by atoms with Crippen LogP contribution in [0.4, 0.5) is 5.13 Å². The number of nitrogens with zero attached hydrogens (tertiary/aromatic N) is 1. The summed E-state index contributed by atoms with van der Waals surface area (Å²) in [7, 11) is 0. The Morgan fingerprint density at radius 1 is 1.47 bits per heavy atom. The first-order chi connectivity index (χ1) is 7.31. The summed E-state index contributed by atoms with van der Waals surface area (Å²) in [4.78, 5) is 4.58. The van der Waals surface area contributed by atoms with Crippen LogP contribution in [-0.2, 0) is 0 Å². The van der Waals surface area contributed by atoms with E-state index in [1.165, 1.54) is 10.3 Å². The van der Waals surface area contributed by atoms with Crippen LogP contribution in [0.15, 0.2) is 18.2 Å². The van der Waals surface area contributed by atoms with Crippen molar-refractivity contribution in [1.29, 1.82) is 0 Å². The van der Waals surface area contributed by atoms with Crippen molar-refractivity contribution in [2.45, 2.75) is 6.92 Å². The average molecular weight is 238 g/mol. The van der Waals surface area contributed by atoms with Crippen LogP contribution in [-0.4, -0.2) is 23.5 Å². The normalized spacial score (nSPS) is 10.8. The van der Waals surface area contributed by atoms with Gasteiger partial charge in [-0.05, 0) is 24.8 Å². The zero-order valence-electron chi connectivity index (χ0n) is 8.91. The van der Waals surface area contributed by atoms with Crippen molar-refractivity contribution in [2.75, 3.05) is 23.9 Å². The summed E-state index contributed by atoms with van der Waals surface area (Å²) in [5.41, 5.74) is 2.39. The third-order valence-electron chi connectivity index (χ3n) is 2.20. The van der Waals surface area contributed by atoms with Crippen LogP contribution in [0.25, 0.3) is 10.2 Å². The predicted octanol–water partition coefficient (Wildman–Crippen LogP) is 3.38.